The lowest BCUT2D eigenvalue weighted by atomic mass is 10.2. The summed E-state index contributed by atoms with van der Waals surface area (Å²) in [7, 11) is 0. The molecule has 3 rings (SSSR count). The molecule has 0 aromatic carbocycles. The zero-order chi connectivity index (χ0) is 18.0. The number of carbonyl (C=O) groups excluding carboxylic acids is 2. The second-order valence-corrected chi connectivity index (χ2v) is 6.56. The van der Waals surface area contributed by atoms with Crippen LogP contribution in [-0.4, -0.2) is 52.0 Å². The molecular weight excluding hydrogens is 357 g/mol. The van der Waals surface area contributed by atoms with Gasteiger partial charge in [-0.15, -0.1) is 11.3 Å². The molecule has 1 N–H and O–H groups in total. The Kier molecular flexibility index (Phi) is 4.71. The van der Waals surface area contributed by atoms with Crippen molar-refractivity contribution in [1.29, 1.82) is 0 Å². The molecule has 2 aromatic heterocycles. The third-order valence-electron chi connectivity index (χ3n) is 3.58. The minimum Gasteiger partial charge on any atom is -0.346 e. The van der Waals surface area contributed by atoms with E-state index in [1.165, 1.54) is 6.20 Å². The quantitative estimate of drug-likeness (QED) is 0.894. The number of halogens is 3. The van der Waals surface area contributed by atoms with Gasteiger partial charge in [-0.3, -0.25) is 14.6 Å². The Morgan fingerprint density at radius 1 is 1.36 bits per heavy atom. The predicted octanol–water partition coefficient (Wildman–Crippen LogP) is 2.10. The zero-order valence-electron chi connectivity index (χ0n) is 12.8. The molecule has 10 heteroatoms. The van der Waals surface area contributed by atoms with E-state index < -0.39 is 30.6 Å². The van der Waals surface area contributed by atoms with Crippen molar-refractivity contribution in [2.45, 2.75) is 18.6 Å². The molecule has 2 aromatic rings. The largest absolute Gasteiger partial charge is 0.406 e. The lowest BCUT2D eigenvalue weighted by Gasteiger charge is -2.18. The average molecular weight is 370 g/mol. The number of hydrogen-bond acceptors (Lipinski definition) is 5. The summed E-state index contributed by atoms with van der Waals surface area (Å²) < 4.78 is 37.2. The van der Waals surface area contributed by atoms with Crippen molar-refractivity contribution in [2.75, 3.05) is 13.1 Å². The third-order valence-corrected chi connectivity index (χ3v) is 4.62. The van der Waals surface area contributed by atoms with Gasteiger partial charge in [0.2, 0.25) is 5.91 Å². The Morgan fingerprint density at radius 3 is 2.76 bits per heavy atom. The molecule has 0 bridgehead atoms. The second-order valence-electron chi connectivity index (χ2n) is 5.53. The van der Waals surface area contributed by atoms with Crippen molar-refractivity contribution in [3.63, 3.8) is 0 Å². The monoisotopic (exact) mass is 370 g/mol. The fourth-order valence-electron chi connectivity index (χ4n) is 2.50. The fourth-order valence-corrected chi connectivity index (χ4v) is 3.33. The van der Waals surface area contributed by atoms with Crippen molar-refractivity contribution in [3.05, 3.63) is 35.6 Å². The summed E-state index contributed by atoms with van der Waals surface area (Å²) >= 11 is 1.16. The van der Waals surface area contributed by atoms with Crippen LogP contribution < -0.4 is 5.32 Å². The van der Waals surface area contributed by atoms with Crippen LogP contribution in [0.4, 0.5) is 13.2 Å². The number of thiazole rings is 1. The number of nitrogens with one attached hydrogen (secondary N) is 1. The number of nitrogens with zero attached hydrogens (tertiary/aromatic N) is 3. The number of amides is 2. The molecule has 1 aliphatic rings. The van der Waals surface area contributed by atoms with Crippen molar-refractivity contribution in [1.82, 2.24) is 20.2 Å². The number of hydrogen-bond donors (Lipinski definition) is 1. The first-order chi connectivity index (χ1) is 11.8. The molecule has 0 aliphatic carbocycles. The second kappa shape index (κ2) is 6.79. The third kappa shape index (κ3) is 4.32. The highest BCUT2D eigenvalue weighted by atomic mass is 32.1. The molecule has 1 atom stereocenters. The molecule has 2 amide bonds. The molecule has 1 aliphatic heterocycles. The topological polar surface area (TPSA) is 75.2 Å². The van der Waals surface area contributed by atoms with Crippen LogP contribution in [0.15, 0.2) is 30.7 Å². The maximum absolute atomic E-state index is 12.4. The van der Waals surface area contributed by atoms with Crippen LogP contribution in [0.5, 0.6) is 0 Å². The Labute approximate surface area is 144 Å². The predicted molar refractivity (Wildman–Crippen MR) is 83.9 cm³/mol. The van der Waals surface area contributed by atoms with Crippen molar-refractivity contribution in [3.8, 4) is 10.6 Å². The van der Waals surface area contributed by atoms with E-state index in [4.69, 9.17) is 0 Å². The number of rotatable bonds is 4. The van der Waals surface area contributed by atoms with E-state index in [1.807, 2.05) is 0 Å². The average Bonchev–Trinajstić information content (AvgIpc) is 3.15. The molecule has 0 radical (unpaired) electrons. The van der Waals surface area contributed by atoms with Crippen molar-refractivity contribution < 1.29 is 22.8 Å². The minimum atomic E-state index is -4.45. The van der Waals surface area contributed by atoms with Gasteiger partial charge >= 0.3 is 6.18 Å². The SMILES string of the molecule is O=C(NC1CC(=O)N(CC(F)(F)F)C1)c1cnc(-c2ccncc2)s1. The van der Waals surface area contributed by atoms with Crippen molar-refractivity contribution >= 4 is 23.2 Å². The Bertz CT molecular complexity index is 779. The fraction of sp³-hybridized carbons (Fsp3) is 0.333. The highest BCUT2D eigenvalue weighted by Crippen LogP contribution is 2.25. The summed E-state index contributed by atoms with van der Waals surface area (Å²) in [6.07, 6.45) is 0.0230. The normalized spacial score (nSPS) is 17.8. The van der Waals surface area contributed by atoms with Gasteiger partial charge in [0.05, 0.1) is 12.2 Å². The van der Waals surface area contributed by atoms with Gasteiger partial charge in [0, 0.05) is 30.9 Å². The van der Waals surface area contributed by atoms with E-state index in [0.717, 1.165) is 16.9 Å². The van der Waals surface area contributed by atoms with E-state index in [-0.39, 0.29) is 13.0 Å². The first-order valence-electron chi connectivity index (χ1n) is 7.33. The molecule has 0 saturated carbocycles. The lowest BCUT2D eigenvalue weighted by molar-refractivity contribution is -0.157. The minimum absolute atomic E-state index is 0.141. The van der Waals surface area contributed by atoms with Gasteiger partial charge in [0.25, 0.3) is 5.91 Å². The van der Waals surface area contributed by atoms with Gasteiger partial charge in [-0.2, -0.15) is 13.2 Å². The van der Waals surface area contributed by atoms with E-state index in [1.54, 1.807) is 24.5 Å². The summed E-state index contributed by atoms with van der Waals surface area (Å²) in [5.74, 6) is -1.08. The van der Waals surface area contributed by atoms with Crippen LogP contribution >= 0.6 is 11.3 Å². The summed E-state index contributed by atoms with van der Waals surface area (Å²) in [6.45, 7) is -1.45. The highest BCUT2D eigenvalue weighted by Gasteiger charge is 2.38. The molecule has 1 unspecified atom stereocenters. The van der Waals surface area contributed by atoms with Crippen LogP contribution in [0, 0.1) is 0 Å². The maximum atomic E-state index is 12.4. The Hall–Kier alpha value is -2.49. The van der Waals surface area contributed by atoms with E-state index in [0.29, 0.717) is 14.8 Å². The van der Waals surface area contributed by atoms with Gasteiger partial charge in [0.15, 0.2) is 0 Å². The summed E-state index contributed by atoms with van der Waals surface area (Å²) in [5, 5.41) is 3.23. The van der Waals surface area contributed by atoms with Crippen LogP contribution in [0.3, 0.4) is 0 Å². The standard InChI is InChI=1S/C15H13F3N4O2S/c16-15(17,18)8-22-7-10(5-12(22)23)21-13(24)11-6-20-14(25-11)9-1-3-19-4-2-9/h1-4,6,10H,5,7-8H2,(H,21,24). The van der Waals surface area contributed by atoms with Crippen LogP contribution in [0.1, 0.15) is 16.1 Å². The Morgan fingerprint density at radius 2 is 2.08 bits per heavy atom. The van der Waals surface area contributed by atoms with Crippen LogP contribution in [0.2, 0.25) is 0 Å². The van der Waals surface area contributed by atoms with E-state index in [2.05, 4.69) is 15.3 Å². The molecule has 6 nitrogen and oxygen atoms in total. The molecule has 3 heterocycles. The van der Waals surface area contributed by atoms with Gasteiger partial charge in [-0.25, -0.2) is 4.98 Å². The Balaban J connectivity index is 1.62. The number of pyridine rings is 1. The maximum Gasteiger partial charge on any atom is 0.406 e. The number of likely N-dealkylation sites (tertiary alicyclic amines) is 1. The lowest BCUT2D eigenvalue weighted by Crippen LogP contribution is -2.39. The molecule has 1 saturated heterocycles. The number of alkyl halides is 3. The van der Waals surface area contributed by atoms with E-state index >= 15 is 0 Å². The number of aromatic nitrogens is 2. The van der Waals surface area contributed by atoms with Gasteiger partial charge in [0.1, 0.15) is 16.4 Å². The molecule has 132 valence electrons. The van der Waals surface area contributed by atoms with Gasteiger partial charge in [-0.1, -0.05) is 0 Å². The summed E-state index contributed by atoms with van der Waals surface area (Å²) in [4.78, 5) is 33.0. The summed E-state index contributed by atoms with van der Waals surface area (Å²) in [5.41, 5.74) is 0.812. The van der Waals surface area contributed by atoms with Crippen molar-refractivity contribution in [2.24, 2.45) is 0 Å². The van der Waals surface area contributed by atoms with Crippen LogP contribution in [0.25, 0.3) is 10.6 Å². The van der Waals surface area contributed by atoms with Gasteiger partial charge < -0.3 is 10.2 Å². The zero-order valence-corrected chi connectivity index (χ0v) is 13.6. The van der Waals surface area contributed by atoms with Gasteiger partial charge in [-0.05, 0) is 12.1 Å². The highest BCUT2D eigenvalue weighted by molar-refractivity contribution is 7.16. The molecule has 25 heavy (non-hydrogen) atoms. The van der Waals surface area contributed by atoms with Crippen LogP contribution in [-0.2, 0) is 4.79 Å². The first kappa shape index (κ1) is 17.3. The molecular formula is C15H13F3N4O2S. The molecule has 0 spiro atoms. The van der Waals surface area contributed by atoms with E-state index in [9.17, 15) is 22.8 Å². The first-order valence-corrected chi connectivity index (χ1v) is 8.15. The molecule has 1 fully saturated rings. The number of carbonyl (C=O) groups is 2. The smallest absolute Gasteiger partial charge is 0.346 e. The summed E-state index contributed by atoms with van der Waals surface area (Å²) in [6, 6.07) is 2.87.